The molecule has 1 aliphatic heterocycles. The van der Waals surface area contributed by atoms with Crippen molar-refractivity contribution >= 4 is 0 Å². The monoisotopic (exact) mass is 234 g/mol. The highest BCUT2D eigenvalue weighted by Gasteiger charge is 2.30. The summed E-state index contributed by atoms with van der Waals surface area (Å²) in [6.45, 7) is 7.88. The van der Waals surface area contributed by atoms with Crippen LogP contribution in [0, 0.1) is 0 Å². The number of hydrogen-bond donors (Lipinski definition) is 2. The average Bonchev–Trinajstić information content (AvgIpc) is 3.13. The first-order chi connectivity index (χ1) is 8.38. The normalized spacial score (nSPS) is 21.9. The number of nitrogens with one attached hydrogen (secondary N) is 2. The maximum atomic E-state index is 4.55. The first kappa shape index (κ1) is 11.2. The fourth-order valence-electron chi connectivity index (χ4n) is 2.67. The molecule has 1 aromatic heterocycles. The lowest BCUT2D eigenvalue weighted by Gasteiger charge is -2.27. The molecule has 0 aromatic carbocycles. The number of aromatic nitrogens is 2. The molecule has 1 aromatic rings. The Morgan fingerprint density at radius 3 is 2.71 bits per heavy atom. The fraction of sp³-hybridized carbons (Fsp3) is 0.769. The van der Waals surface area contributed by atoms with Gasteiger partial charge in [0.1, 0.15) is 0 Å². The first-order valence-corrected chi connectivity index (χ1v) is 6.87. The Hall–Kier alpha value is -0.870. The number of aryl methyl sites for hydroxylation is 1. The highest BCUT2D eigenvalue weighted by molar-refractivity contribution is 5.30. The molecule has 17 heavy (non-hydrogen) atoms. The molecule has 3 rings (SSSR count). The lowest BCUT2D eigenvalue weighted by molar-refractivity contribution is 0.232. The largest absolute Gasteiger partial charge is 0.314 e. The van der Waals surface area contributed by atoms with Crippen molar-refractivity contribution in [1.82, 2.24) is 20.4 Å². The van der Waals surface area contributed by atoms with Gasteiger partial charge in [0.15, 0.2) is 0 Å². The summed E-state index contributed by atoms with van der Waals surface area (Å²) in [5.41, 5.74) is 4.21. The van der Waals surface area contributed by atoms with Crippen LogP contribution in [0.3, 0.4) is 0 Å². The van der Waals surface area contributed by atoms with Crippen LogP contribution in [-0.4, -0.2) is 41.3 Å². The van der Waals surface area contributed by atoms with E-state index in [0.717, 1.165) is 32.0 Å². The van der Waals surface area contributed by atoms with Crippen LogP contribution in [0.5, 0.6) is 0 Å². The lowest BCUT2D eigenvalue weighted by Crippen LogP contribution is -2.43. The van der Waals surface area contributed by atoms with Gasteiger partial charge in [0, 0.05) is 49.9 Å². The molecular formula is C13H22N4. The number of aromatic amines is 1. The van der Waals surface area contributed by atoms with Gasteiger partial charge in [0.05, 0.1) is 5.69 Å². The summed E-state index contributed by atoms with van der Waals surface area (Å²) in [6.07, 6.45) is 3.74. The number of hydrogen-bond acceptors (Lipinski definition) is 3. The highest BCUT2D eigenvalue weighted by atomic mass is 15.2. The molecule has 2 fully saturated rings. The molecule has 1 saturated carbocycles. The van der Waals surface area contributed by atoms with Crippen LogP contribution in [0.4, 0.5) is 0 Å². The van der Waals surface area contributed by atoms with Crippen LogP contribution in [0.15, 0.2) is 0 Å². The highest BCUT2D eigenvalue weighted by Crippen LogP contribution is 2.41. The minimum atomic E-state index is 0.754. The van der Waals surface area contributed by atoms with Crippen LogP contribution in [0.2, 0.25) is 0 Å². The van der Waals surface area contributed by atoms with Crippen LogP contribution in [0.25, 0.3) is 0 Å². The predicted molar refractivity (Wildman–Crippen MR) is 68.1 cm³/mol. The van der Waals surface area contributed by atoms with Crippen molar-refractivity contribution < 1.29 is 0 Å². The number of rotatable bonds is 4. The molecule has 2 aliphatic rings. The maximum absolute atomic E-state index is 4.55. The predicted octanol–water partition coefficient (Wildman–Crippen LogP) is 1.25. The van der Waals surface area contributed by atoms with Gasteiger partial charge in [-0.25, -0.2) is 0 Å². The van der Waals surface area contributed by atoms with E-state index in [9.17, 15) is 0 Å². The summed E-state index contributed by atoms with van der Waals surface area (Å²) in [6, 6.07) is 0. The van der Waals surface area contributed by atoms with Gasteiger partial charge in [-0.05, 0) is 19.3 Å². The summed E-state index contributed by atoms with van der Waals surface area (Å²) < 4.78 is 0. The Labute approximate surface area is 103 Å². The van der Waals surface area contributed by atoms with E-state index in [1.54, 1.807) is 0 Å². The van der Waals surface area contributed by atoms with E-state index >= 15 is 0 Å². The Bertz CT molecular complexity index is 375. The van der Waals surface area contributed by atoms with E-state index in [1.807, 2.05) is 0 Å². The van der Waals surface area contributed by atoms with Gasteiger partial charge in [-0.2, -0.15) is 5.10 Å². The smallest absolute Gasteiger partial charge is 0.0700 e. The molecule has 4 heteroatoms. The third-order valence-electron chi connectivity index (χ3n) is 3.89. The third kappa shape index (κ3) is 2.38. The topological polar surface area (TPSA) is 44.0 Å². The van der Waals surface area contributed by atoms with Crippen molar-refractivity contribution in [3.8, 4) is 0 Å². The Morgan fingerprint density at radius 1 is 1.29 bits per heavy atom. The molecule has 1 saturated heterocycles. The Balaban J connectivity index is 1.76. The summed E-state index contributed by atoms with van der Waals surface area (Å²) in [7, 11) is 0. The van der Waals surface area contributed by atoms with Crippen molar-refractivity contribution in [1.29, 1.82) is 0 Å². The van der Waals surface area contributed by atoms with Gasteiger partial charge in [-0.15, -0.1) is 0 Å². The Kier molecular flexibility index (Phi) is 3.16. The van der Waals surface area contributed by atoms with Gasteiger partial charge in [0.25, 0.3) is 0 Å². The molecule has 2 heterocycles. The van der Waals surface area contributed by atoms with Crippen molar-refractivity contribution in [2.75, 3.05) is 26.2 Å². The molecule has 0 unspecified atom stereocenters. The summed E-state index contributed by atoms with van der Waals surface area (Å²) in [5, 5.41) is 11.2. The lowest BCUT2D eigenvalue weighted by atomic mass is 10.1. The molecule has 0 atom stereocenters. The molecule has 0 amide bonds. The van der Waals surface area contributed by atoms with E-state index in [4.69, 9.17) is 0 Å². The van der Waals surface area contributed by atoms with Gasteiger partial charge >= 0.3 is 0 Å². The molecule has 0 bridgehead atoms. The summed E-state index contributed by atoms with van der Waals surface area (Å²) >= 11 is 0. The van der Waals surface area contributed by atoms with Gasteiger partial charge in [-0.3, -0.25) is 10.00 Å². The van der Waals surface area contributed by atoms with Crippen LogP contribution in [0.1, 0.15) is 42.6 Å². The SMILES string of the molecule is CCc1[nH]nc(C2CC2)c1CN1CCNCC1. The second-order valence-corrected chi connectivity index (χ2v) is 5.22. The number of piperazine rings is 1. The minimum absolute atomic E-state index is 0.754. The Morgan fingerprint density at radius 2 is 2.06 bits per heavy atom. The van der Waals surface area contributed by atoms with E-state index < -0.39 is 0 Å². The van der Waals surface area contributed by atoms with E-state index in [-0.39, 0.29) is 0 Å². The van der Waals surface area contributed by atoms with Crippen LogP contribution in [-0.2, 0) is 13.0 Å². The van der Waals surface area contributed by atoms with Crippen LogP contribution >= 0.6 is 0 Å². The third-order valence-corrected chi connectivity index (χ3v) is 3.89. The zero-order chi connectivity index (χ0) is 11.7. The van der Waals surface area contributed by atoms with E-state index in [0.29, 0.717) is 0 Å². The molecule has 0 spiro atoms. The molecule has 0 radical (unpaired) electrons. The van der Waals surface area contributed by atoms with Crippen molar-refractivity contribution in [2.45, 2.75) is 38.6 Å². The van der Waals surface area contributed by atoms with Crippen molar-refractivity contribution in [3.05, 3.63) is 17.0 Å². The average molecular weight is 234 g/mol. The number of H-pyrrole nitrogens is 1. The zero-order valence-electron chi connectivity index (χ0n) is 10.6. The van der Waals surface area contributed by atoms with Gasteiger partial charge < -0.3 is 5.32 Å². The molecular weight excluding hydrogens is 212 g/mol. The van der Waals surface area contributed by atoms with Gasteiger partial charge in [0.2, 0.25) is 0 Å². The van der Waals surface area contributed by atoms with E-state index in [2.05, 4.69) is 27.3 Å². The second kappa shape index (κ2) is 4.78. The maximum Gasteiger partial charge on any atom is 0.0700 e. The zero-order valence-corrected chi connectivity index (χ0v) is 10.6. The fourth-order valence-corrected chi connectivity index (χ4v) is 2.67. The number of nitrogens with zero attached hydrogens (tertiary/aromatic N) is 2. The molecule has 2 N–H and O–H groups in total. The summed E-state index contributed by atoms with van der Waals surface area (Å²) in [4.78, 5) is 2.55. The quantitative estimate of drug-likeness (QED) is 0.824. The van der Waals surface area contributed by atoms with Crippen molar-refractivity contribution in [2.24, 2.45) is 0 Å². The second-order valence-electron chi connectivity index (χ2n) is 5.22. The summed E-state index contributed by atoms with van der Waals surface area (Å²) in [5.74, 6) is 0.754. The molecule has 1 aliphatic carbocycles. The molecule has 4 nitrogen and oxygen atoms in total. The first-order valence-electron chi connectivity index (χ1n) is 6.87. The minimum Gasteiger partial charge on any atom is -0.314 e. The van der Waals surface area contributed by atoms with Crippen LogP contribution < -0.4 is 5.32 Å². The standard InChI is InChI=1S/C13H22N4/c1-2-12-11(9-17-7-5-14-6-8-17)13(16-15-12)10-3-4-10/h10,14H,2-9H2,1H3,(H,15,16). The van der Waals surface area contributed by atoms with Gasteiger partial charge in [-0.1, -0.05) is 6.92 Å². The van der Waals surface area contributed by atoms with Crippen molar-refractivity contribution in [3.63, 3.8) is 0 Å². The van der Waals surface area contributed by atoms with E-state index in [1.165, 1.54) is 42.9 Å². The molecule has 94 valence electrons.